The molecule has 3 N–H and O–H groups in total. The lowest BCUT2D eigenvalue weighted by atomic mass is 9.98. The molecule has 1 fully saturated rings. The minimum Gasteiger partial charge on any atom is -0.481 e. The predicted octanol–water partition coefficient (Wildman–Crippen LogP) is -0.763. The van der Waals surface area contributed by atoms with Crippen molar-refractivity contribution in [2.75, 3.05) is 19.6 Å². The highest BCUT2D eigenvalue weighted by Crippen LogP contribution is 2.18. The fraction of sp³-hybridized carbons (Fsp3) is 0.700. The lowest BCUT2D eigenvalue weighted by Crippen LogP contribution is -2.59. The molecule has 0 saturated carbocycles. The molecular weight excluding hydrogens is 226 g/mol. The first kappa shape index (κ1) is 13.4. The van der Waals surface area contributed by atoms with Crippen LogP contribution in [-0.2, 0) is 9.59 Å². The molecule has 17 heavy (non-hydrogen) atoms. The monoisotopic (exact) mass is 243 g/mol. The molecule has 0 aromatic carbocycles. The highest BCUT2D eigenvalue weighted by Gasteiger charge is 2.37. The van der Waals surface area contributed by atoms with Crippen LogP contribution in [-0.4, -0.2) is 53.6 Å². The average Bonchev–Trinajstić information content (AvgIpc) is 2.14. The van der Waals surface area contributed by atoms with E-state index in [2.05, 4.69) is 10.6 Å². The Morgan fingerprint density at radius 3 is 2.47 bits per heavy atom. The van der Waals surface area contributed by atoms with E-state index in [4.69, 9.17) is 5.11 Å². The molecule has 0 radical (unpaired) electrons. The minimum absolute atomic E-state index is 0.347. The van der Waals surface area contributed by atoms with E-state index in [1.54, 1.807) is 18.7 Å². The SMILES string of the molecule is CCNC(=O)NC(=O)C(C)N1CC(C(=O)O)C1. The number of nitrogens with zero attached hydrogens (tertiary/aromatic N) is 1. The molecule has 0 aromatic heterocycles. The van der Waals surface area contributed by atoms with Gasteiger partial charge in [-0.2, -0.15) is 0 Å². The molecular formula is C10H17N3O4. The Morgan fingerprint density at radius 2 is 2.00 bits per heavy atom. The maximum atomic E-state index is 11.6. The number of hydrogen-bond acceptors (Lipinski definition) is 4. The molecule has 0 bridgehead atoms. The number of hydrogen-bond donors (Lipinski definition) is 3. The van der Waals surface area contributed by atoms with Gasteiger partial charge in [0.05, 0.1) is 12.0 Å². The van der Waals surface area contributed by atoms with Gasteiger partial charge in [0.15, 0.2) is 0 Å². The van der Waals surface area contributed by atoms with Gasteiger partial charge in [0.2, 0.25) is 5.91 Å². The zero-order valence-corrected chi connectivity index (χ0v) is 9.90. The second-order valence-corrected chi connectivity index (χ2v) is 4.01. The van der Waals surface area contributed by atoms with E-state index in [1.165, 1.54) is 0 Å². The van der Waals surface area contributed by atoms with Crippen LogP contribution in [0.2, 0.25) is 0 Å². The van der Waals surface area contributed by atoms with Gasteiger partial charge in [0, 0.05) is 19.6 Å². The number of carboxylic acid groups (broad SMARTS) is 1. The zero-order valence-electron chi connectivity index (χ0n) is 9.90. The van der Waals surface area contributed by atoms with Crippen LogP contribution in [0.1, 0.15) is 13.8 Å². The number of carbonyl (C=O) groups excluding carboxylic acids is 2. The number of aliphatic carboxylic acids is 1. The quantitative estimate of drug-likeness (QED) is 0.602. The molecule has 1 atom stereocenters. The van der Waals surface area contributed by atoms with Crippen LogP contribution < -0.4 is 10.6 Å². The van der Waals surface area contributed by atoms with Crippen molar-refractivity contribution >= 4 is 17.9 Å². The van der Waals surface area contributed by atoms with Crippen LogP contribution in [0, 0.1) is 5.92 Å². The molecule has 7 heteroatoms. The molecule has 1 aliphatic heterocycles. The molecule has 1 aliphatic rings. The minimum atomic E-state index is -0.849. The summed E-state index contributed by atoms with van der Waals surface area (Å²) < 4.78 is 0. The van der Waals surface area contributed by atoms with Crippen LogP contribution in [0.3, 0.4) is 0 Å². The second-order valence-electron chi connectivity index (χ2n) is 4.01. The number of likely N-dealkylation sites (tertiary alicyclic amines) is 1. The normalized spacial score (nSPS) is 18.0. The number of carboxylic acids is 1. The van der Waals surface area contributed by atoms with Gasteiger partial charge in [-0.25, -0.2) is 4.79 Å². The first-order valence-electron chi connectivity index (χ1n) is 5.51. The van der Waals surface area contributed by atoms with Crippen molar-refractivity contribution < 1.29 is 19.5 Å². The average molecular weight is 243 g/mol. The lowest BCUT2D eigenvalue weighted by molar-refractivity contribution is -0.150. The van der Waals surface area contributed by atoms with Crippen LogP contribution in [0.25, 0.3) is 0 Å². The van der Waals surface area contributed by atoms with E-state index < -0.39 is 29.9 Å². The predicted molar refractivity (Wildman–Crippen MR) is 59.4 cm³/mol. The molecule has 1 heterocycles. The van der Waals surface area contributed by atoms with Gasteiger partial charge in [-0.05, 0) is 13.8 Å². The summed E-state index contributed by atoms with van der Waals surface area (Å²) in [6.45, 7) is 4.53. The lowest BCUT2D eigenvalue weighted by Gasteiger charge is -2.39. The highest BCUT2D eigenvalue weighted by atomic mass is 16.4. The third-order valence-corrected chi connectivity index (χ3v) is 2.76. The Kier molecular flexibility index (Phi) is 4.45. The van der Waals surface area contributed by atoms with Gasteiger partial charge in [-0.15, -0.1) is 0 Å². The van der Waals surface area contributed by atoms with Gasteiger partial charge < -0.3 is 10.4 Å². The number of amides is 3. The summed E-state index contributed by atoms with van der Waals surface area (Å²) in [5.74, 6) is -1.67. The van der Waals surface area contributed by atoms with E-state index >= 15 is 0 Å². The van der Waals surface area contributed by atoms with Crippen molar-refractivity contribution in [1.82, 2.24) is 15.5 Å². The van der Waals surface area contributed by atoms with Crippen molar-refractivity contribution in [3.05, 3.63) is 0 Å². The molecule has 0 aromatic rings. The third-order valence-electron chi connectivity index (χ3n) is 2.76. The number of nitrogens with one attached hydrogen (secondary N) is 2. The summed E-state index contributed by atoms with van der Waals surface area (Å²) >= 11 is 0. The maximum Gasteiger partial charge on any atom is 0.321 e. The molecule has 0 aliphatic carbocycles. The number of carbonyl (C=O) groups is 3. The Bertz CT molecular complexity index is 326. The molecule has 1 saturated heterocycles. The van der Waals surface area contributed by atoms with E-state index in [9.17, 15) is 14.4 Å². The summed E-state index contributed by atoms with van der Waals surface area (Å²) in [6, 6.07) is -1.02. The van der Waals surface area contributed by atoms with Crippen molar-refractivity contribution in [3.63, 3.8) is 0 Å². The van der Waals surface area contributed by atoms with Crippen LogP contribution >= 0.6 is 0 Å². The maximum absolute atomic E-state index is 11.6. The Balaban J connectivity index is 2.34. The van der Waals surface area contributed by atoms with E-state index in [0.717, 1.165) is 0 Å². The van der Waals surface area contributed by atoms with Crippen LogP contribution in [0.15, 0.2) is 0 Å². The number of urea groups is 1. The summed E-state index contributed by atoms with van der Waals surface area (Å²) in [7, 11) is 0. The zero-order chi connectivity index (χ0) is 13.0. The fourth-order valence-corrected chi connectivity index (χ4v) is 1.57. The third kappa shape index (κ3) is 3.42. The standard InChI is InChI=1S/C10H17N3O4/c1-3-11-10(17)12-8(14)6(2)13-4-7(5-13)9(15)16/h6-7H,3-5H2,1-2H3,(H,15,16)(H2,11,12,14,17). The smallest absolute Gasteiger partial charge is 0.321 e. The van der Waals surface area contributed by atoms with E-state index in [1.807, 2.05) is 0 Å². The molecule has 1 unspecified atom stereocenters. The summed E-state index contributed by atoms with van der Waals surface area (Å²) in [5, 5.41) is 13.3. The fourth-order valence-electron chi connectivity index (χ4n) is 1.57. The Labute approximate surface area is 99.2 Å². The van der Waals surface area contributed by atoms with Crippen molar-refractivity contribution in [2.45, 2.75) is 19.9 Å². The second kappa shape index (κ2) is 5.62. The Morgan fingerprint density at radius 1 is 1.41 bits per heavy atom. The van der Waals surface area contributed by atoms with E-state index in [-0.39, 0.29) is 0 Å². The molecule has 3 amide bonds. The van der Waals surface area contributed by atoms with Crippen molar-refractivity contribution in [2.24, 2.45) is 5.92 Å². The van der Waals surface area contributed by atoms with Crippen LogP contribution in [0.5, 0.6) is 0 Å². The molecule has 1 rings (SSSR count). The van der Waals surface area contributed by atoms with Gasteiger partial charge in [0.25, 0.3) is 0 Å². The highest BCUT2D eigenvalue weighted by molar-refractivity contribution is 5.96. The van der Waals surface area contributed by atoms with E-state index in [0.29, 0.717) is 19.6 Å². The topological polar surface area (TPSA) is 98.7 Å². The van der Waals surface area contributed by atoms with Gasteiger partial charge in [-0.1, -0.05) is 0 Å². The summed E-state index contributed by atoms with van der Waals surface area (Å²) in [6.07, 6.45) is 0. The van der Waals surface area contributed by atoms with Crippen LogP contribution in [0.4, 0.5) is 4.79 Å². The molecule has 7 nitrogen and oxygen atoms in total. The largest absolute Gasteiger partial charge is 0.481 e. The summed E-state index contributed by atoms with van der Waals surface area (Å²) in [5.41, 5.74) is 0. The Hall–Kier alpha value is -1.63. The van der Waals surface area contributed by atoms with Gasteiger partial charge >= 0.3 is 12.0 Å². The van der Waals surface area contributed by atoms with Gasteiger partial charge in [0.1, 0.15) is 0 Å². The number of rotatable bonds is 4. The molecule has 96 valence electrons. The molecule has 0 spiro atoms. The first-order chi connectivity index (χ1) is 7.95. The van der Waals surface area contributed by atoms with Crippen molar-refractivity contribution in [3.8, 4) is 0 Å². The number of imide groups is 1. The van der Waals surface area contributed by atoms with Gasteiger partial charge in [-0.3, -0.25) is 19.8 Å². The first-order valence-corrected chi connectivity index (χ1v) is 5.51. The summed E-state index contributed by atoms with van der Waals surface area (Å²) in [4.78, 5) is 35.0. The van der Waals surface area contributed by atoms with Crippen molar-refractivity contribution in [1.29, 1.82) is 0 Å².